The summed E-state index contributed by atoms with van der Waals surface area (Å²) in [5.74, 6) is -0.185. The van der Waals surface area contributed by atoms with Crippen LogP contribution in [0.4, 0.5) is 0 Å². The van der Waals surface area contributed by atoms with Gasteiger partial charge in [0, 0.05) is 15.9 Å². The lowest BCUT2D eigenvalue weighted by molar-refractivity contribution is 0.0948. The number of amides is 1. The van der Waals surface area contributed by atoms with Gasteiger partial charge in [0.05, 0.1) is 4.88 Å². The molecule has 0 aliphatic carbocycles. The fraction of sp³-hybridized carbons (Fsp3) is 0.400. The third-order valence-corrected chi connectivity index (χ3v) is 4.42. The molecule has 0 saturated heterocycles. The summed E-state index contributed by atoms with van der Waals surface area (Å²) in [4.78, 5) is 13.6. The Morgan fingerprint density at radius 1 is 1.47 bits per heavy atom. The zero-order chi connectivity index (χ0) is 12.8. The van der Waals surface area contributed by atoms with Crippen molar-refractivity contribution < 1.29 is 4.79 Å². The average Bonchev–Trinajstić information content (AvgIpc) is 2.68. The molecule has 3 N–H and O–H groups in total. The van der Waals surface area contributed by atoms with Gasteiger partial charge in [-0.05, 0) is 47.6 Å². The van der Waals surface area contributed by atoms with Crippen LogP contribution in [-0.4, -0.2) is 17.6 Å². The lowest BCUT2D eigenvalue weighted by atomic mass is 10.3. The number of aryl methyl sites for hydroxylation is 1. The first-order chi connectivity index (χ1) is 8.08. The molecule has 0 bridgehead atoms. The van der Waals surface area contributed by atoms with Crippen molar-refractivity contribution in [2.24, 2.45) is 0 Å². The second kappa shape index (κ2) is 6.93. The highest BCUT2D eigenvalue weighted by molar-refractivity contribution is 9.10. The quantitative estimate of drug-likeness (QED) is 0.585. The molecule has 4 nitrogen and oxygen atoms in total. The molecular weight excluding hydrogens is 322 g/mol. The highest BCUT2D eigenvalue weighted by Gasteiger charge is 2.12. The van der Waals surface area contributed by atoms with E-state index in [9.17, 15) is 4.79 Å². The van der Waals surface area contributed by atoms with E-state index in [-0.39, 0.29) is 5.91 Å². The second-order valence-electron chi connectivity index (χ2n) is 3.17. The van der Waals surface area contributed by atoms with Crippen LogP contribution in [0.3, 0.4) is 0 Å². The van der Waals surface area contributed by atoms with Gasteiger partial charge in [-0.25, -0.2) is 0 Å². The van der Waals surface area contributed by atoms with E-state index in [1.54, 1.807) is 0 Å². The highest BCUT2D eigenvalue weighted by Crippen LogP contribution is 2.27. The van der Waals surface area contributed by atoms with Gasteiger partial charge in [-0.1, -0.05) is 6.92 Å². The Morgan fingerprint density at radius 2 is 2.18 bits per heavy atom. The summed E-state index contributed by atoms with van der Waals surface area (Å²) in [6, 6.07) is 1.82. The third-order valence-electron chi connectivity index (χ3n) is 1.93. The average molecular weight is 336 g/mol. The molecule has 0 radical (unpaired) electrons. The molecule has 0 aliphatic rings. The van der Waals surface area contributed by atoms with Crippen LogP contribution < -0.4 is 16.2 Å². The van der Waals surface area contributed by atoms with E-state index < -0.39 is 0 Å². The van der Waals surface area contributed by atoms with Gasteiger partial charge in [0.1, 0.15) is 0 Å². The molecule has 0 saturated carbocycles. The zero-order valence-electron chi connectivity index (χ0n) is 9.59. The molecular formula is C10H14BrN3OS2. The molecule has 1 rings (SSSR count). The number of carbonyl (C=O) groups is 1. The third kappa shape index (κ3) is 4.25. The number of thiophene rings is 1. The van der Waals surface area contributed by atoms with Crippen LogP contribution in [0.5, 0.6) is 0 Å². The van der Waals surface area contributed by atoms with Crippen molar-refractivity contribution >= 4 is 50.5 Å². The lowest BCUT2D eigenvalue weighted by Crippen LogP contribution is -2.46. The monoisotopic (exact) mass is 335 g/mol. The normalized spacial score (nSPS) is 9.82. The first kappa shape index (κ1) is 14.4. The van der Waals surface area contributed by atoms with Gasteiger partial charge in [0.25, 0.3) is 5.91 Å². The fourth-order valence-corrected chi connectivity index (χ4v) is 3.13. The summed E-state index contributed by atoms with van der Waals surface area (Å²) >= 11 is 9.82. The number of rotatable bonds is 3. The van der Waals surface area contributed by atoms with Crippen LogP contribution >= 0.6 is 39.5 Å². The number of nitrogens with one attached hydrogen (secondary N) is 3. The van der Waals surface area contributed by atoms with Crippen molar-refractivity contribution in [2.75, 3.05) is 6.54 Å². The largest absolute Gasteiger partial charge is 0.362 e. The van der Waals surface area contributed by atoms with Crippen LogP contribution in [0.1, 0.15) is 28.4 Å². The Hall–Kier alpha value is -0.660. The number of halogens is 1. The van der Waals surface area contributed by atoms with Crippen LogP contribution in [0.15, 0.2) is 10.5 Å². The second-order valence-corrected chi connectivity index (χ2v) is 5.57. The van der Waals surface area contributed by atoms with Gasteiger partial charge in [-0.15, -0.1) is 11.3 Å². The molecule has 17 heavy (non-hydrogen) atoms. The summed E-state index contributed by atoms with van der Waals surface area (Å²) in [5.41, 5.74) is 5.19. The van der Waals surface area contributed by atoms with Crippen molar-refractivity contribution in [3.05, 3.63) is 20.3 Å². The van der Waals surface area contributed by atoms with Gasteiger partial charge < -0.3 is 5.32 Å². The molecule has 7 heteroatoms. The van der Waals surface area contributed by atoms with E-state index in [0.29, 0.717) is 16.5 Å². The number of hydrogen-bond donors (Lipinski definition) is 3. The molecule has 0 fully saturated rings. The minimum Gasteiger partial charge on any atom is -0.362 e. The molecule has 0 spiro atoms. The Morgan fingerprint density at radius 3 is 2.71 bits per heavy atom. The molecule has 0 unspecified atom stereocenters. The van der Waals surface area contributed by atoms with Crippen molar-refractivity contribution in [1.29, 1.82) is 0 Å². The first-order valence-corrected chi connectivity index (χ1v) is 7.22. The summed E-state index contributed by atoms with van der Waals surface area (Å²) in [5, 5.41) is 3.29. The molecule has 1 amide bonds. The maximum Gasteiger partial charge on any atom is 0.279 e. The summed E-state index contributed by atoms with van der Waals surface area (Å²) in [6.45, 7) is 4.70. The molecule has 1 aromatic rings. The molecule has 0 atom stereocenters. The summed E-state index contributed by atoms with van der Waals surface area (Å²) < 4.78 is 0.976. The van der Waals surface area contributed by atoms with Crippen LogP contribution in [-0.2, 0) is 6.42 Å². The van der Waals surface area contributed by atoms with Gasteiger partial charge in [0.2, 0.25) is 0 Å². The molecule has 1 aromatic heterocycles. The Kier molecular flexibility index (Phi) is 5.87. The standard InChI is InChI=1S/C10H14BrN3OS2/c1-3-7-6(11)5-8(17-7)9(15)13-14-10(16)12-4-2/h5H,3-4H2,1-2H3,(H,13,15)(H2,12,14,16). The SMILES string of the molecule is CCNC(=S)NNC(=O)c1cc(Br)c(CC)s1. The van der Waals surface area contributed by atoms with Gasteiger partial charge >= 0.3 is 0 Å². The molecule has 1 heterocycles. The maximum atomic E-state index is 11.8. The minimum atomic E-state index is -0.185. The topological polar surface area (TPSA) is 53.2 Å². The van der Waals surface area contributed by atoms with Crippen molar-refractivity contribution in [3.63, 3.8) is 0 Å². The smallest absolute Gasteiger partial charge is 0.279 e. The van der Waals surface area contributed by atoms with E-state index in [0.717, 1.165) is 15.8 Å². The highest BCUT2D eigenvalue weighted by atomic mass is 79.9. The Balaban J connectivity index is 2.55. The lowest BCUT2D eigenvalue weighted by Gasteiger charge is -2.08. The van der Waals surface area contributed by atoms with Crippen LogP contribution in [0.25, 0.3) is 0 Å². The number of hydrogen-bond acceptors (Lipinski definition) is 3. The Labute approximate surface area is 118 Å². The van der Waals surface area contributed by atoms with Crippen molar-refractivity contribution in [2.45, 2.75) is 20.3 Å². The molecule has 94 valence electrons. The van der Waals surface area contributed by atoms with E-state index in [4.69, 9.17) is 12.2 Å². The summed E-state index contributed by atoms with van der Waals surface area (Å²) in [7, 11) is 0. The molecule has 0 aromatic carbocycles. The number of hydrazine groups is 1. The maximum absolute atomic E-state index is 11.8. The fourth-order valence-electron chi connectivity index (χ4n) is 1.14. The molecule has 0 aliphatic heterocycles. The van der Waals surface area contributed by atoms with E-state index in [2.05, 4.69) is 39.0 Å². The predicted octanol–water partition coefficient (Wildman–Crippen LogP) is 2.20. The van der Waals surface area contributed by atoms with E-state index in [1.807, 2.05) is 13.0 Å². The van der Waals surface area contributed by atoms with E-state index >= 15 is 0 Å². The summed E-state index contributed by atoms with van der Waals surface area (Å²) in [6.07, 6.45) is 0.905. The minimum absolute atomic E-state index is 0.185. The van der Waals surface area contributed by atoms with E-state index in [1.165, 1.54) is 11.3 Å². The number of thiocarbonyl (C=S) groups is 1. The Bertz CT molecular complexity index is 420. The number of carbonyl (C=O) groups excluding carboxylic acids is 1. The van der Waals surface area contributed by atoms with Gasteiger partial charge in [-0.3, -0.25) is 15.6 Å². The van der Waals surface area contributed by atoms with Gasteiger partial charge in [0.15, 0.2) is 5.11 Å². The predicted molar refractivity (Wildman–Crippen MR) is 78.3 cm³/mol. The van der Waals surface area contributed by atoms with Crippen molar-refractivity contribution in [1.82, 2.24) is 16.2 Å². The van der Waals surface area contributed by atoms with Crippen LogP contribution in [0.2, 0.25) is 0 Å². The van der Waals surface area contributed by atoms with Gasteiger partial charge in [-0.2, -0.15) is 0 Å². The van der Waals surface area contributed by atoms with Crippen LogP contribution in [0, 0.1) is 0 Å². The first-order valence-electron chi connectivity index (χ1n) is 5.20. The van der Waals surface area contributed by atoms with Crippen molar-refractivity contribution in [3.8, 4) is 0 Å². The zero-order valence-corrected chi connectivity index (χ0v) is 12.8.